The van der Waals surface area contributed by atoms with E-state index in [1.54, 1.807) is 0 Å². The van der Waals surface area contributed by atoms with Crippen LogP contribution in [0.4, 0.5) is 0 Å². The Morgan fingerprint density at radius 2 is 1.79 bits per heavy atom. The number of aromatic nitrogens is 4. The van der Waals surface area contributed by atoms with E-state index in [0.29, 0.717) is 18.7 Å². The summed E-state index contributed by atoms with van der Waals surface area (Å²) in [5.74, 6) is 2.96. The zero-order valence-corrected chi connectivity index (χ0v) is 18.1. The molecule has 5 rings (SSSR count). The largest absolute Gasteiger partial charge is 0.457 e. The third-order valence-electron chi connectivity index (χ3n) is 5.53. The molecule has 0 amide bonds. The van der Waals surface area contributed by atoms with Crippen LogP contribution < -0.4 is 4.74 Å². The van der Waals surface area contributed by atoms with Gasteiger partial charge in [0, 0.05) is 35.5 Å². The standard InChI is InChI=1S/C27H24N4O2/c32-14-2-1-5-19-6-3-7-20(15-19)16-26-29-27(31-30-26)22-8-4-9-23(18-22)33-24-10-11-25-21(17-24)12-13-28-25/h3-4,6-15,17-18,28H,1-2,5,16H2,(H,29,30,31). The number of unbranched alkanes of at least 4 members (excludes halogenated alkanes) is 1. The Morgan fingerprint density at radius 1 is 0.909 bits per heavy atom. The van der Waals surface area contributed by atoms with Gasteiger partial charge in [0.05, 0.1) is 0 Å². The fourth-order valence-corrected chi connectivity index (χ4v) is 3.91. The highest BCUT2D eigenvalue weighted by Crippen LogP contribution is 2.28. The zero-order valence-electron chi connectivity index (χ0n) is 18.1. The Kier molecular flexibility index (Phi) is 5.97. The summed E-state index contributed by atoms with van der Waals surface area (Å²) in [6.45, 7) is 0. The van der Waals surface area contributed by atoms with Gasteiger partial charge in [-0.05, 0) is 60.4 Å². The van der Waals surface area contributed by atoms with Crippen LogP contribution in [0.5, 0.6) is 11.5 Å². The number of aldehydes is 1. The van der Waals surface area contributed by atoms with E-state index in [1.807, 2.05) is 54.7 Å². The molecule has 2 N–H and O–H groups in total. The summed E-state index contributed by atoms with van der Waals surface area (Å²) in [5.41, 5.74) is 4.37. The molecule has 2 aromatic heterocycles. The van der Waals surface area contributed by atoms with E-state index < -0.39 is 0 Å². The summed E-state index contributed by atoms with van der Waals surface area (Å²) in [5, 5.41) is 8.58. The van der Waals surface area contributed by atoms with E-state index >= 15 is 0 Å². The number of rotatable bonds is 9. The lowest BCUT2D eigenvalue weighted by atomic mass is 10.0. The van der Waals surface area contributed by atoms with E-state index in [2.05, 4.69) is 39.4 Å². The van der Waals surface area contributed by atoms with Crippen LogP contribution in [0.3, 0.4) is 0 Å². The van der Waals surface area contributed by atoms with Crippen molar-refractivity contribution >= 4 is 17.2 Å². The number of nitrogens with zero attached hydrogens (tertiary/aromatic N) is 2. The number of fused-ring (bicyclic) bond motifs is 1. The van der Waals surface area contributed by atoms with Crippen LogP contribution in [0.15, 0.2) is 79.0 Å². The van der Waals surface area contributed by atoms with E-state index in [9.17, 15) is 4.79 Å². The van der Waals surface area contributed by atoms with Gasteiger partial charge in [-0.25, -0.2) is 4.98 Å². The minimum Gasteiger partial charge on any atom is -0.457 e. The van der Waals surface area contributed by atoms with E-state index in [1.165, 1.54) is 11.1 Å². The number of aromatic amines is 2. The molecule has 33 heavy (non-hydrogen) atoms. The molecule has 0 fully saturated rings. The number of ether oxygens (including phenoxy) is 1. The molecule has 6 nitrogen and oxygen atoms in total. The highest BCUT2D eigenvalue weighted by molar-refractivity contribution is 5.80. The smallest absolute Gasteiger partial charge is 0.181 e. The molecule has 5 aromatic rings. The lowest BCUT2D eigenvalue weighted by Crippen LogP contribution is -1.93. The second-order valence-electron chi connectivity index (χ2n) is 8.02. The predicted molar refractivity (Wildman–Crippen MR) is 128 cm³/mol. The van der Waals surface area contributed by atoms with Crippen LogP contribution in [0, 0.1) is 0 Å². The van der Waals surface area contributed by atoms with Gasteiger partial charge in [0.15, 0.2) is 5.82 Å². The van der Waals surface area contributed by atoms with Gasteiger partial charge in [-0.2, -0.15) is 5.10 Å². The molecule has 6 heteroatoms. The van der Waals surface area contributed by atoms with Crippen molar-refractivity contribution < 1.29 is 9.53 Å². The van der Waals surface area contributed by atoms with Crippen molar-refractivity contribution in [2.24, 2.45) is 0 Å². The Bertz CT molecular complexity index is 1390. The van der Waals surface area contributed by atoms with Crippen molar-refractivity contribution in [3.8, 4) is 22.9 Å². The van der Waals surface area contributed by atoms with Gasteiger partial charge in [-0.3, -0.25) is 5.10 Å². The summed E-state index contributed by atoms with van der Waals surface area (Å²) in [7, 11) is 0. The number of nitrogens with one attached hydrogen (secondary N) is 2. The molecule has 0 radical (unpaired) electrons. The number of carbonyl (C=O) groups excluding carboxylic acids is 1. The SMILES string of the molecule is O=CCCCc1cccc(Cc2nc(-c3cccc(Oc4ccc5[nH]ccc5c4)c3)n[nH]2)c1. The van der Waals surface area contributed by atoms with Gasteiger partial charge in [0.1, 0.15) is 23.6 Å². The molecular weight excluding hydrogens is 412 g/mol. The molecule has 0 spiro atoms. The van der Waals surface area contributed by atoms with Gasteiger partial charge in [-0.1, -0.05) is 36.4 Å². The first-order valence-electron chi connectivity index (χ1n) is 11.0. The molecular formula is C27H24N4O2. The van der Waals surface area contributed by atoms with Crippen molar-refractivity contribution in [2.45, 2.75) is 25.7 Å². The molecule has 2 heterocycles. The Hall–Kier alpha value is -4.19. The second-order valence-corrected chi connectivity index (χ2v) is 8.02. The molecule has 3 aromatic carbocycles. The van der Waals surface area contributed by atoms with Gasteiger partial charge >= 0.3 is 0 Å². The molecule has 0 aliphatic heterocycles. The van der Waals surface area contributed by atoms with Crippen molar-refractivity contribution in [3.05, 3.63) is 95.9 Å². The molecule has 0 bridgehead atoms. The Balaban J connectivity index is 1.28. The summed E-state index contributed by atoms with van der Waals surface area (Å²) < 4.78 is 6.07. The molecule has 0 atom stereocenters. The Morgan fingerprint density at radius 3 is 2.73 bits per heavy atom. The Labute approximate surface area is 191 Å². The molecule has 0 unspecified atom stereocenters. The highest BCUT2D eigenvalue weighted by Gasteiger charge is 2.09. The number of aryl methyl sites for hydroxylation is 1. The quantitative estimate of drug-likeness (QED) is 0.224. The minimum absolute atomic E-state index is 0.596. The lowest BCUT2D eigenvalue weighted by Gasteiger charge is -2.07. The fraction of sp³-hybridized carbons (Fsp3) is 0.148. The van der Waals surface area contributed by atoms with Crippen molar-refractivity contribution in [1.82, 2.24) is 20.2 Å². The second kappa shape index (κ2) is 9.53. The molecule has 0 aliphatic carbocycles. The average Bonchev–Trinajstić information content (AvgIpc) is 3.49. The third-order valence-corrected chi connectivity index (χ3v) is 5.53. The maximum atomic E-state index is 10.5. The average molecular weight is 437 g/mol. The number of H-pyrrole nitrogens is 2. The number of carbonyl (C=O) groups is 1. The van der Waals surface area contributed by atoms with E-state index in [0.717, 1.165) is 52.9 Å². The summed E-state index contributed by atoms with van der Waals surface area (Å²) in [4.78, 5) is 18.4. The first kappa shape index (κ1) is 20.7. The predicted octanol–water partition coefficient (Wildman–Crippen LogP) is 5.86. The molecule has 164 valence electrons. The van der Waals surface area contributed by atoms with Gasteiger partial charge in [0.2, 0.25) is 0 Å². The summed E-state index contributed by atoms with van der Waals surface area (Å²) in [6, 6.07) is 24.2. The lowest BCUT2D eigenvalue weighted by molar-refractivity contribution is -0.107. The van der Waals surface area contributed by atoms with E-state index in [4.69, 9.17) is 9.72 Å². The summed E-state index contributed by atoms with van der Waals surface area (Å²) >= 11 is 0. The van der Waals surface area contributed by atoms with Crippen LogP contribution >= 0.6 is 0 Å². The van der Waals surface area contributed by atoms with Gasteiger partial charge < -0.3 is 14.5 Å². The van der Waals surface area contributed by atoms with Crippen LogP contribution in [0.25, 0.3) is 22.3 Å². The number of benzene rings is 3. The topological polar surface area (TPSA) is 83.7 Å². The number of hydrogen-bond acceptors (Lipinski definition) is 4. The van der Waals surface area contributed by atoms with Gasteiger partial charge in [-0.15, -0.1) is 0 Å². The fourth-order valence-electron chi connectivity index (χ4n) is 3.91. The monoisotopic (exact) mass is 436 g/mol. The molecule has 0 aliphatic rings. The van der Waals surface area contributed by atoms with Crippen LogP contribution in [-0.4, -0.2) is 26.5 Å². The molecule has 0 saturated carbocycles. The number of hydrogen-bond donors (Lipinski definition) is 2. The maximum absolute atomic E-state index is 10.5. The van der Waals surface area contributed by atoms with Crippen molar-refractivity contribution in [2.75, 3.05) is 0 Å². The highest BCUT2D eigenvalue weighted by atomic mass is 16.5. The minimum atomic E-state index is 0.596. The zero-order chi connectivity index (χ0) is 22.5. The summed E-state index contributed by atoms with van der Waals surface area (Å²) in [6.07, 6.45) is 5.93. The normalized spacial score (nSPS) is 11.0. The van der Waals surface area contributed by atoms with Crippen LogP contribution in [-0.2, 0) is 17.6 Å². The van der Waals surface area contributed by atoms with Crippen LogP contribution in [0.2, 0.25) is 0 Å². The first-order valence-corrected chi connectivity index (χ1v) is 11.0. The third kappa shape index (κ3) is 5.01. The molecule has 0 saturated heterocycles. The van der Waals surface area contributed by atoms with Crippen LogP contribution in [0.1, 0.15) is 29.8 Å². The first-order chi connectivity index (χ1) is 16.3. The maximum Gasteiger partial charge on any atom is 0.181 e. The van der Waals surface area contributed by atoms with Gasteiger partial charge in [0.25, 0.3) is 0 Å². The van der Waals surface area contributed by atoms with E-state index in [-0.39, 0.29) is 0 Å². The van der Waals surface area contributed by atoms with Crippen molar-refractivity contribution in [1.29, 1.82) is 0 Å². The van der Waals surface area contributed by atoms with Crippen molar-refractivity contribution in [3.63, 3.8) is 0 Å².